The van der Waals surface area contributed by atoms with Gasteiger partial charge in [0.2, 0.25) is 0 Å². The van der Waals surface area contributed by atoms with Crippen molar-refractivity contribution in [2.75, 3.05) is 6.61 Å². The molecular weight excluding hydrogens is 324 g/mol. The molecule has 0 fully saturated rings. The normalized spacial score (nSPS) is 12.5. The highest BCUT2D eigenvalue weighted by Crippen LogP contribution is 2.21. The van der Waals surface area contributed by atoms with Crippen molar-refractivity contribution in [3.63, 3.8) is 0 Å². The zero-order chi connectivity index (χ0) is 17.9. The summed E-state index contributed by atoms with van der Waals surface area (Å²) in [5.41, 5.74) is 2.01. The van der Waals surface area contributed by atoms with E-state index in [0.29, 0.717) is 6.54 Å². The Morgan fingerprint density at radius 1 is 1.00 bits per heavy atom. The molecule has 0 saturated carbocycles. The maximum Gasteiger partial charge on any atom is 0.120 e. The molecule has 26 heavy (non-hydrogen) atoms. The van der Waals surface area contributed by atoms with E-state index in [9.17, 15) is 5.11 Å². The second-order valence-electron chi connectivity index (χ2n) is 6.45. The van der Waals surface area contributed by atoms with Crippen LogP contribution in [0.1, 0.15) is 12.7 Å². The molecule has 0 aliphatic heterocycles. The number of rotatable bonds is 6. The third kappa shape index (κ3) is 3.28. The van der Waals surface area contributed by atoms with Crippen LogP contribution in [0.3, 0.4) is 0 Å². The van der Waals surface area contributed by atoms with Gasteiger partial charge in [-0.05, 0) is 35.0 Å². The molecule has 0 unspecified atom stereocenters. The zero-order valence-corrected chi connectivity index (χ0v) is 14.8. The predicted octanol–water partition coefficient (Wildman–Crippen LogP) is 4.19. The van der Waals surface area contributed by atoms with Crippen LogP contribution in [0.25, 0.3) is 21.8 Å². The molecule has 1 aromatic heterocycles. The average molecular weight is 346 g/mol. The summed E-state index contributed by atoms with van der Waals surface area (Å²) < 4.78 is 7.91. The average Bonchev–Trinajstić information content (AvgIpc) is 3.04. The summed E-state index contributed by atoms with van der Waals surface area (Å²) in [6, 6.07) is 22.2. The minimum atomic E-state index is -0.607. The lowest BCUT2D eigenvalue weighted by molar-refractivity contribution is 0.0928. The minimum absolute atomic E-state index is 0.244. The van der Waals surface area contributed by atoms with E-state index >= 15 is 0 Å². The summed E-state index contributed by atoms with van der Waals surface area (Å²) in [7, 11) is 0. The lowest BCUT2D eigenvalue weighted by Gasteiger charge is -2.15. The van der Waals surface area contributed by atoms with Crippen LogP contribution in [0.5, 0.6) is 5.75 Å². The fourth-order valence-corrected chi connectivity index (χ4v) is 3.31. The van der Waals surface area contributed by atoms with Crippen LogP contribution in [0.2, 0.25) is 0 Å². The van der Waals surface area contributed by atoms with Crippen molar-refractivity contribution in [2.24, 2.45) is 0 Å². The van der Waals surface area contributed by atoms with Gasteiger partial charge in [-0.25, -0.2) is 4.98 Å². The van der Waals surface area contributed by atoms with Crippen LogP contribution >= 0.6 is 0 Å². The Hall–Kier alpha value is -2.85. The molecule has 4 heteroatoms. The Labute approximate surface area is 152 Å². The van der Waals surface area contributed by atoms with Crippen LogP contribution in [0, 0.1) is 0 Å². The van der Waals surface area contributed by atoms with Crippen molar-refractivity contribution in [1.29, 1.82) is 0 Å². The van der Waals surface area contributed by atoms with Crippen LogP contribution in [-0.4, -0.2) is 27.4 Å². The summed E-state index contributed by atoms with van der Waals surface area (Å²) in [5, 5.41) is 12.8. The van der Waals surface area contributed by atoms with E-state index in [0.717, 1.165) is 34.4 Å². The Balaban J connectivity index is 1.47. The highest BCUT2D eigenvalue weighted by molar-refractivity contribution is 5.83. The summed E-state index contributed by atoms with van der Waals surface area (Å²) in [6.07, 6.45) is 0.219. The van der Waals surface area contributed by atoms with E-state index < -0.39 is 6.10 Å². The van der Waals surface area contributed by atoms with E-state index in [4.69, 9.17) is 4.74 Å². The molecule has 3 aromatic carbocycles. The summed E-state index contributed by atoms with van der Waals surface area (Å²) >= 11 is 0. The highest BCUT2D eigenvalue weighted by atomic mass is 16.5. The quantitative estimate of drug-likeness (QED) is 0.569. The first kappa shape index (κ1) is 16.6. The Kier molecular flexibility index (Phi) is 4.59. The monoisotopic (exact) mass is 346 g/mol. The third-order valence-electron chi connectivity index (χ3n) is 4.61. The van der Waals surface area contributed by atoms with E-state index in [-0.39, 0.29) is 6.61 Å². The molecule has 4 nitrogen and oxygen atoms in total. The second-order valence-corrected chi connectivity index (χ2v) is 6.45. The molecule has 1 N–H and O–H groups in total. The number of fused-ring (bicyclic) bond motifs is 2. The van der Waals surface area contributed by atoms with Crippen molar-refractivity contribution in [1.82, 2.24) is 9.55 Å². The number of benzene rings is 3. The van der Waals surface area contributed by atoms with Gasteiger partial charge in [0.05, 0.1) is 17.6 Å². The van der Waals surface area contributed by atoms with Gasteiger partial charge in [0.25, 0.3) is 0 Å². The zero-order valence-electron chi connectivity index (χ0n) is 14.8. The SMILES string of the molecule is CCc1nc2ccccc2n1C[C@H](O)COc1ccc2ccccc2c1. The van der Waals surface area contributed by atoms with Crippen molar-refractivity contribution in [2.45, 2.75) is 26.0 Å². The molecule has 0 aliphatic carbocycles. The van der Waals surface area contributed by atoms with Gasteiger partial charge in [0.1, 0.15) is 24.3 Å². The van der Waals surface area contributed by atoms with Crippen molar-refractivity contribution in [3.8, 4) is 5.75 Å². The molecule has 1 atom stereocenters. The van der Waals surface area contributed by atoms with Gasteiger partial charge in [-0.1, -0.05) is 49.4 Å². The topological polar surface area (TPSA) is 47.3 Å². The second kappa shape index (κ2) is 7.18. The number of hydrogen-bond acceptors (Lipinski definition) is 3. The number of aliphatic hydroxyl groups excluding tert-OH is 1. The summed E-state index contributed by atoms with van der Waals surface area (Å²) in [4.78, 5) is 4.65. The summed E-state index contributed by atoms with van der Waals surface area (Å²) in [6.45, 7) is 2.79. The van der Waals surface area contributed by atoms with Gasteiger partial charge in [-0.3, -0.25) is 0 Å². The first-order valence-electron chi connectivity index (χ1n) is 8.98. The van der Waals surface area contributed by atoms with Crippen molar-refractivity contribution >= 4 is 21.8 Å². The lowest BCUT2D eigenvalue weighted by Crippen LogP contribution is -2.24. The molecule has 0 aliphatic rings. The largest absolute Gasteiger partial charge is 0.491 e. The van der Waals surface area contributed by atoms with Crippen LogP contribution in [-0.2, 0) is 13.0 Å². The molecule has 132 valence electrons. The van der Waals surface area contributed by atoms with E-state index in [1.165, 1.54) is 5.39 Å². The van der Waals surface area contributed by atoms with Gasteiger partial charge >= 0.3 is 0 Å². The number of hydrogen-bond donors (Lipinski definition) is 1. The fraction of sp³-hybridized carbons (Fsp3) is 0.227. The highest BCUT2D eigenvalue weighted by Gasteiger charge is 2.13. The number of aryl methyl sites for hydroxylation is 1. The van der Waals surface area contributed by atoms with Gasteiger partial charge < -0.3 is 14.4 Å². The molecule has 0 saturated heterocycles. The number of imidazole rings is 1. The standard InChI is InChI=1S/C22H22N2O2/c1-2-22-23-20-9-5-6-10-21(20)24(22)14-18(25)15-26-19-12-11-16-7-3-4-8-17(16)13-19/h3-13,18,25H,2,14-15H2,1H3/t18-/m0/s1. The molecule has 0 spiro atoms. The van der Waals surface area contributed by atoms with E-state index in [1.54, 1.807) is 0 Å². The number of nitrogens with zero attached hydrogens (tertiary/aromatic N) is 2. The van der Waals surface area contributed by atoms with Crippen molar-refractivity contribution < 1.29 is 9.84 Å². The smallest absolute Gasteiger partial charge is 0.120 e. The Bertz CT molecular complexity index is 1040. The lowest BCUT2D eigenvalue weighted by atomic mass is 10.1. The van der Waals surface area contributed by atoms with Gasteiger partial charge in [-0.15, -0.1) is 0 Å². The maximum absolute atomic E-state index is 10.5. The molecule has 0 amide bonds. The number of aliphatic hydroxyl groups is 1. The van der Waals surface area contributed by atoms with Gasteiger partial charge in [0, 0.05) is 6.42 Å². The fourth-order valence-electron chi connectivity index (χ4n) is 3.31. The Morgan fingerprint density at radius 2 is 1.77 bits per heavy atom. The van der Waals surface area contributed by atoms with Crippen LogP contribution in [0.4, 0.5) is 0 Å². The van der Waals surface area contributed by atoms with Gasteiger partial charge in [-0.2, -0.15) is 0 Å². The molecule has 1 heterocycles. The minimum Gasteiger partial charge on any atom is -0.491 e. The molecular formula is C22H22N2O2. The molecule has 0 bridgehead atoms. The molecule has 0 radical (unpaired) electrons. The van der Waals surface area contributed by atoms with Gasteiger partial charge in [0.15, 0.2) is 0 Å². The van der Waals surface area contributed by atoms with Crippen LogP contribution in [0.15, 0.2) is 66.7 Å². The first-order chi connectivity index (χ1) is 12.7. The van der Waals surface area contributed by atoms with E-state index in [2.05, 4.69) is 28.6 Å². The summed E-state index contributed by atoms with van der Waals surface area (Å²) in [5.74, 6) is 1.75. The maximum atomic E-state index is 10.5. The number of para-hydroxylation sites is 2. The molecule has 4 rings (SSSR count). The Morgan fingerprint density at radius 3 is 2.62 bits per heavy atom. The number of aromatic nitrogens is 2. The van der Waals surface area contributed by atoms with Crippen LogP contribution < -0.4 is 4.74 Å². The third-order valence-corrected chi connectivity index (χ3v) is 4.61. The van der Waals surface area contributed by atoms with E-state index in [1.807, 2.05) is 54.6 Å². The first-order valence-corrected chi connectivity index (χ1v) is 8.98. The predicted molar refractivity (Wildman–Crippen MR) is 105 cm³/mol. The number of ether oxygens (including phenoxy) is 1. The van der Waals surface area contributed by atoms with Crippen molar-refractivity contribution in [3.05, 3.63) is 72.6 Å². The molecule has 4 aromatic rings.